The molecule has 0 bridgehead atoms. The zero-order valence-corrected chi connectivity index (χ0v) is 19.6. The summed E-state index contributed by atoms with van der Waals surface area (Å²) in [5.74, 6) is 4.46. The van der Waals surface area contributed by atoms with E-state index in [1.165, 1.54) is 32.1 Å². The van der Waals surface area contributed by atoms with E-state index in [2.05, 4.69) is 26.8 Å². The molecule has 0 heterocycles. The van der Waals surface area contributed by atoms with Gasteiger partial charge in [0, 0.05) is 12.8 Å². The Labute approximate surface area is 178 Å². The third-order valence-corrected chi connectivity index (χ3v) is 10.2. The summed E-state index contributed by atoms with van der Waals surface area (Å²) in [7, 11) is 0. The number of hydrogen-bond donors (Lipinski definition) is 1. The Morgan fingerprint density at radius 1 is 1.10 bits per heavy atom. The number of carbonyl (C=O) groups excluding carboxylic acids is 1. The third-order valence-electron chi connectivity index (χ3n) is 10.2. The standard InChI is InChI=1S/C27H44O2/c1-18(12-15-25(2,3)29)22-10-11-23-21-9-7-19-6-8-20(28)13-16-26(19,4)24(21)14-17-27(22,23)5/h7,18,21-24,29H,6,8-17H2,1-5H3/t18-,21+,22-,23+,24+,26+,27-/m1/s1. The van der Waals surface area contributed by atoms with Gasteiger partial charge in [-0.05, 0) is 112 Å². The average Bonchev–Trinajstić information content (AvgIpc) is 2.92. The van der Waals surface area contributed by atoms with Crippen molar-refractivity contribution in [1.82, 2.24) is 0 Å². The van der Waals surface area contributed by atoms with E-state index in [0.29, 0.717) is 17.1 Å². The Kier molecular flexibility index (Phi) is 5.59. The predicted octanol–water partition coefficient (Wildman–Crippen LogP) is 6.71. The molecule has 0 aromatic carbocycles. The molecule has 2 nitrogen and oxygen atoms in total. The van der Waals surface area contributed by atoms with Crippen LogP contribution in [0.1, 0.15) is 105 Å². The highest BCUT2D eigenvalue weighted by Crippen LogP contribution is 2.67. The van der Waals surface area contributed by atoms with Crippen molar-refractivity contribution >= 4 is 5.78 Å². The fraction of sp³-hybridized carbons (Fsp3) is 0.889. The molecular formula is C27H44O2. The van der Waals surface area contributed by atoms with Crippen molar-refractivity contribution in [2.24, 2.45) is 40.4 Å². The van der Waals surface area contributed by atoms with E-state index in [4.69, 9.17) is 0 Å². The van der Waals surface area contributed by atoms with Crippen LogP contribution in [-0.4, -0.2) is 16.5 Å². The maximum Gasteiger partial charge on any atom is 0.133 e. The molecule has 4 aliphatic rings. The molecule has 3 saturated carbocycles. The second-order valence-corrected chi connectivity index (χ2v) is 12.4. The monoisotopic (exact) mass is 400 g/mol. The normalized spacial score (nSPS) is 43.7. The van der Waals surface area contributed by atoms with E-state index >= 15 is 0 Å². The van der Waals surface area contributed by atoms with Gasteiger partial charge in [-0.2, -0.15) is 0 Å². The molecule has 0 radical (unpaired) electrons. The minimum absolute atomic E-state index is 0.279. The summed E-state index contributed by atoms with van der Waals surface area (Å²) < 4.78 is 0. The molecule has 7 atom stereocenters. The lowest BCUT2D eigenvalue weighted by atomic mass is 9.48. The van der Waals surface area contributed by atoms with Crippen LogP contribution in [-0.2, 0) is 4.79 Å². The summed E-state index contributed by atoms with van der Waals surface area (Å²) in [5.41, 5.74) is 1.84. The molecule has 4 rings (SSSR count). The maximum atomic E-state index is 12.2. The summed E-state index contributed by atoms with van der Waals surface area (Å²) >= 11 is 0. The number of rotatable bonds is 4. The Balaban J connectivity index is 1.53. The summed E-state index contributed by atoms with van der Waals surface area (Å²) in [6.07, 6.45) is 15.1. The number of aliphatic hydroxyl groups is 1. The second kappa shape index (κ2) is 7.50. The lowest BCUT2D eigenvalue weighted by molar-refractivity contribution is -0.119. The molecule has 2 heteroatoms. The Bertz CT molecular complexity index is 671. The van der Waals surface area contributed by atoms with Crippen LogP contribution < -0.4 is 0 Å². The summed E-state index contributed by atoms with van der Waals surface area (Å²) in [6, 6.07) is 0. The molecule has 0 aromatic heterocycles. The first-order valence-corrected chi connectivity index (χ1v) is 12.5. The summed E-state index contributed by atoms with van der Waals surface area (Å²) in [4.78, 5) is 12.2. The van der Waals surface area contributed by atoms with Crippen LogP contribution in [0.15, 0.2) is 11.6 Å². The first kappa shape index (κ1) is 21.6. The fourth-order valence-corrected chi connectivity index (χ4v) is 8.45. The fourth-order valence-electron chi connectivity index (χ4n) is 8.45. The van der Waals surface area contributed by atoms with Crippen molar-refractivity contribution < 1.29 is 9.90 Å². The Morgan fingerprint density at radius 2 is 1.86 bits per heavy atom. The van der Waals surface area contributed by atoms with E-state index in [9.17, 15) is 9.90 Å². The number of hydrogen-bond acceptors (Lipinski definition) is 2. The largest absolute Gasteiger partial charge is 0.390 e. The molecule has 3 fully saturated rings. The quantitative estimate of drug-likeness (QED) is 0.532. The van der Waals surface area contributed by atoms with Crippen LogP contribution in [0, 0.1) is 40.4 Å². The van der Waals surface area contributed by atoms with E-state index in [1.807, 2.05) is 13.8 Å². The van der Waals surface area contributed by atoms with Crippen LogP contribution >= 0.6 is 0 Å². The molecule has 1 N–H and O–H groups in total. The van der Waals surface area contributed by atoms with Crippen LogP contribution in [0.4, 0.5) is 0 Å². The first-order chi connectivity index (χ1) is 13.5. The number of carbonyl (C=O) groups is 1. The van der Waals surface area contributed by atoms with Crippen LogP contribution in [0.3, 0.4) is 0 Å². The average molecular weight is 401 g/mol. The highest BCUT2D eigenvalue weighted by molar-refractivity contribution is 5.79. The van der Waals surface area contributed by atoms with Gasteiger partial charge < -0.3 is 5.11 Å². The van der Waals surface area contributed by atoms with Gasteiger partial charge in [0.05, 0.1) is 5.60 Å². The number of ketones is 1. The zero-order valence-electron chi connectivity index (χ0n) is 19.6. The highest BCUT2D eigenvalue weighted by atomic mass is 16.3. The molecule has 4 aliphatic carbocycles. The van der Waals surface area contributed by atoms with Gasteiger partial charge in [-0.25, -0.2) is 0 Å². The van der Waals surface area contributed by atoms with Crippen molar-refractivity contribution in [2.75, 3.05) is 0 Å². The van der Waals surface area contributed by atoms with Crippen molar-refractivity contribution in [3.8, 4) is 0 Å². The minimum Gasteiger partial charge on any atom is -0.390 e. The second-order valence-electron chi connectivity index (χ2n) is 12.4. The van der Waals surface area contributed by atoms with Gasteiger partial charge in [0.2, 0.25) is 0 Å². The minimum atomic E-state index is -0.541. The number of fused-ring (bicyclic) bond motifs is 5. The van der Waals surface area contributed by atoms with Gasteiger partial charge >= 0.3 is 0 Å². The van der Waals surface area contributed by atoms with Crippen molar-refractivity contribution in [3.05, 3.63) is 11.6 Å². The first-order valence-electron chi connectivity index (χ1n) is 12.5. The molecule has 29 heavy (non-hydrogen) atoms. The van der Waals surface area contributed by atoms with Crippen molar-refractivity contribution in [2.45, 2.75) is 111 Å². The highest BCUT2D eigenvalue weighted by Gasteiger charge is 2.58. The lowest BCUT2D eigenvalue weighted by Crippen LogP contribution is -2.49. The van der Waals surface area contributed by atoms with Crippen LogP contribution in [0.25, 0.3) is 0 Å². The molecule has 0 amide bonds. The number of Topliss-reactive ketones (excluding diaryl/α,β-unsaturated/α-hetero) is 1. The van der Waals surface area contributed by atoms with Gasteiger partial charge in [0.15, 0.2) is 0 Å². The molecule has 0 spiro atoms. The molecule has 0 aliphatic heterocycles. The van der Waals surface area contributed by atoms with Crippen LogP contribution in [0.5, 0.6) is 0 Å². The topological polar surface area (TPSA) is 37.3 Å². The summed E-state index contributed by atoms with van der Waals surface area (Å²) in [5, 5.41) is 10.2. The van der Waals surface area contributed by atoms with Gasteiger partial charge in [-0.3, -0.25) is 4.79 Å². The Hall–Kier alpha value is -0.630. The lowest BCUT2D eigenvalue weighted by Gasteiger charge is -2.57. The van der Waals surface area contributed by atoms with Crippen molar-refractivity contribution in [1.29, 1.82) is 0 Å². The van der Waals surface area contributed by atoms with E-state index in [0.717, 1.165) is 62.2 Å². The molecular weight excluding hydrogens is 356 g/mol. The van der Waals surface area contributed by atoms with Crippen LogP contribution in [0.2, 0.25) is 0 Å². The van der Waals surface area contributed by atoms with Gasteiger partial charge in [0.25, 0.3) is 0 Å². The SMILES string of the molecule is C[C@H](CCC(C)(C)O)[C@H]1CC[C@H]2[C@@H]3CC=C4CCC(=O)CC[C@]4(C)[C@H]3CC[C@]12C. The third kappa shape index (κ3) is 3.77. The van der Waals surface area contributed by atoms with E-state index in [-0.39, 0.29) is 5.41 Å². The summed E-state index contributed by atoms with van der Waals surface area (Å²) in [6.45, 7) is 11.5. The zero-order chi connectivity index (χ0) is 21.0. The molecule has 164 valence electrons. The number of allylic oxidation sites excluding steroid dienone is 2. The predicted molar refractivity (Wildman–Crippen MR) is 120 cm³/mol. The molecule has 0 aromatic rings. The maximum absolute atomic E-state index is 12.2. The van der Waals surface area contributed by atoms with Gasteiger partial charge in [-0.1, -0.05) is 32.4 Å². The molecule has 0 saturated heterocycles. The van der Waals surface area contributed by atoms with E-state index in [1.54, 1.807) is 5.57 Å². The van der Waals surface area contributed by atoms with E-state index < -0.39 is 5.60 Å². The van der Waals surface area contributed by atoms with Gasteiger partial charge in [0.1, 0.15) is 5.78 Å². The smallest absolute Gasteiger partial charge is 0.133 e. The Morgan fingerprint density at radius 3 is 2.59 bits per heavy atom. The molecule has 0 unspecified atom stereocenters. The van der Waals surface area contributed by atoms with Gasteiger partial charge in [-0.15, -0.1) is 0 Å². The van der Waals surface area contributed by atoms with Crippen molar-refractivity contribution in [3.63, 3.8) is 0 Å².